The Hall–Kier alpha value is -0.570. The molecule has 1 aliphatic rings. The summed E-state index contributed by atoms with van der Waals surface area (Å²) < 4.78 is 10.6. The van der Waals surface area contributed by atoms with Gasteiger partial charge in [0.1, 0.15) is 12.7 Å². The van der Waals surface area contributed by atoms with Gasteiger partial charge in [-0.1, -0.05) is 48.0 Å². The van der Waals surface area contributed by atoms with Crippen LogP contribution in [0.25, 0.3) is 0 Å². The van der Waals surface area contributed by atoms with Crippen molar-refractivity contribution in [1.29, 1.82) is 0 Å². The van der Waals surface area contributed by atoms with Crippen LogP contribution in [0.2, 0.25) is 0 Å². The quantitative estimate of drug-likeness (QED) is 0.544. The fourth-order valence-electron chi connectivity index (χ4n) is 2.22. The number of rotatable bonds is 6. The van der Waals surface area contributed by atoms with E-state index in [1.54, 1.807) is 0 Å². The molecule has 0 amide bonds. The molecule has 1 aliphatic heterocycles. The minimum absolute atomic E-state index is 0.0861. The zero-order chi connectivity index (χ0) is 14.9. The number of ether oxygens (including phenoxy) is 2. The van der Waals surface area contributed by atoms with Gasteiger partial charge in [0.05, 0.1) is 12.0 Å². The van der Waals surface area contributed by atoms with Crippen molar-refractivity contribution in [3.05, 3.63) is 0 Å². The predicted octanol–water partition coefficient (Wildman–Crippen LogP) is 3.81. The Balaban J connectivity index is 2.81. The van der Waals surface area contributed by atoms with Crippen molar-refractivity contribution in [3.8, 4) is 0 Å². The van der Waals surface area contributed by atoms with E-state index in [1.807, 2.05) is 6.92 Å². The standard InChI is InChI=1S/C16H30O3/c1-8-15(5,6)11-16(7,14(2,3)4)13(17)19-10-12-9-18-12/h12H,8-11H2,1-7H3. The van der Waals surface area contributed by atoms with Gasteiger partial charge < -0.3 is 9.47 Å². The minimum Gasteiger partial charge on any atom is -0.462 e. The highest BCUT2D eigenvalue weighted by atomic mass is 16.6. The molecule has 0 bridgehead atoms. The third kappa shape index (κ3) is 4.20. The maximum Gasteiger partial charge on any atom is 0.312 e. The Labute approximate surface area is 118 Å². The molecule has 2 unspecified atom stereocenters. The first kappa shape index (κ1) is 16.5. The summed E-state index contributed by atoms with van der Waals surface area (Å²) in [6, 6.07) is 0. The van der Waals surface area contributed by atoms with Crippen LogP contribution in [0.5, 0.6) is 0 Å². The molecule has 0 saturated carbocycles. The number of carbonyl (C=O) groups excluding carboxylic acids is 1. The van der Waals surface area contributed by atoms with Crippen LogP contribution in [0, 0.1) is 16.2 Å². The van der Waals surface area contributed by atoms with E-state index < -0.39 is 5.41 Å². The number of hydrogen-bond donors (Lipinski definition) is 0. The number of hydrogen-bond acceptors (Lipinski definition) is 3. The summed E-state index contributed by atoms with van der Waals surface area (Å²) in [4.78, 5) is 12.6. The molecular weight excluding hydrogens is 240 g/mol. The molecule has 1 heterocycles. The average Bonchev–Trinajstić information content (AvgIpc) is 3.07. The smallest absolute Gasteiger partial charge is 0.312 e. The van der Waals surface area contributed by atoms with Gasteiger partial charge in [-0.3, -0.25) is 4.79 Å². The zero-order valence-corrected chi connectivity index (χ0v) is 13.6. The molecule has 1 saturated heterocycles. The van der Waals surface area contributed by atoms with Gasteiger partial charge in [-0.15, -0.1) is 0 Å². The highest BCUT2D eigenvalue weighted by Crippen LogP contribution is 2.48. The Morgan fingerprint density at radius 1 is 1.21 bits per heavy atom. The van der Waals surface area contributed by atoms with E-state index in [2.05, 4.69) is 41.5 Å². The second kappa shape index (κ2) is 5.43. The van der Waals surface area contributed by atoms with Crippen LogP contribution in [0.1, 0.15) is 61.3 Å². The molecular formula is C16H30O3. The van der Waals surface area contributed by atoms with Crippen LogP contribution in [-0.4, -0.2) is 25.3 Å². The van der Waals surface area contributed by atoms with Crippen molar-refractivity contribution < 1.29 is 14.3 Å². The van der Waals surface area contributed by atoms with E-state index in [9.17, 15) is 4.79 Å². The van der Waals surface area contributed by atoms with Crippen LogP contribution in [0.4, 0.5) is 0 Å². The Bertz CT molecular complexity index is 323. The van der Waals surface area contributed by atoms with Gasteiger partial charge in [0.15, 0.2) is 0 Å². The first-order chi connectivity index (χ1) is 8.52. The molecule has 3 heteroatoms. The van der Waals surface area contributed by atoms with E-state index in [1.165, 1.54) is 0 Å². The molecule has 3 nitrogen and oxygen atoms in total. The molecule has 0 aliphatic carbocycles. The first-order valence-corrected chi connectivity index (χ1v) is 7.31. The Kier molecular flexibility index (Phi) is 4.71. The highest BCUT2D eigenvalue weighted by Gasteiger charge is 2.48. The molecule has 1 rings (SSSR count). The van der Waals surface area contributed by atoms with Gasteiger partial charge in [-0.2, -0.15) is 0 Å². The normalized spacial score (nSPS) is 22.8. The fourth-order valence-corrected chi connectivity index (χ4v) is 2.22. The maximum absolute atomic E-state index is 12.6. The second-order valence-corrected chi connectivity index (χ2v) is 7.83. The molecule has 2 atom stereocenters. The predicted molar refractivity (Wildman–Crippen MR) is 77.0 cm³/mol. The largest absolute Gasteiger partial charge is 0.462 e. The summed E-state index contributed by atoms with van der Waals surface area (Å²) in [6.07, 6.45) is 2.02. The number of epoxide rings is 1. The average molecular weight is 270 g/mol. The molecule has 112 valence electrons. The first-order valence-electron chi connectivity index (χ1n) is 7.31. The van der Waals surface area contributed by atoms with Crippen molar-refractivity contribution in [1.82, 2.24) is 0 Å². The lowest BCUT2D eigenvalue weighted by Gasteiger charge is -2.44. The van der Waals surface area contributed by atoms with E-state index in [-0.39, 0.29) is 22.9 Å². The van der Waals surface area contributed by atoms with Crippen LogP contribution in [-0.2, 0) is 14.3 Å². The summed E-state index contributed by atoms with van der Waals surface area (Å²) in [6.45, 7) is 16.1. The molecule has 0 spiro atoms. The lowest BCUT2D eigenvalue weighted by molar-refractivity contribution is -0.165. The molecule has 0 N–H and O–H groups in total. The van der Waals surface area contributed by atoms with E-state index in [4.69, 9.17) is 9.47 Å². The highest BCUT2D eigenvalue weighted by molar-refractivity contribution is 5.77. The second-order valence-electron chi connectivity index (χ2n) is 7.83. The lowest BCUT2D eigenvalue weighted by Crippen LogP contribution is -2.45. The Morgan fingerprint density at radius 2 is 1.74 bits per heavy atom. The molecule has 0 aromatic rings. The van der Waals surface area contributed by atoms with Gasteiger partial charge in [0.25, 0.3) is 0 Å². The molecule has 1 fully saturated rings. The maximum atomic E-state index is 12.6. The molecule has 0 aromatic carbocycles. The summed E-state index contributed by atoms with van der Waals surface area (Å²) in [7, 11) is 0. The zero-order valence-electron chi connectivity index (χ0n) is 13.6. The van der Waals surface area contributed by atoms with Gasteiger partial charge >= 0.3 is 5.97 Å². The fraction of sp³-hybridized carbons (Fsp3) is 0.938. The van der Waals surface area contributed by atoms with E-state index in [0.717, 1.165) is 19.4 Å². The van der Waals surface area contributed by atoms with Crippen molar-refractivity contribution in [2.75, 3.05) is 13.2 Å². The topological polar surface area (TPSA) is 38.8 Å². The van der Waals surface area contributed by atoms with Crippen LogP contribution >= 0.6 is 0 Å². The van der Waals surface area contributed by atoms with Crippen molar-refractivity contribution >= 4 is 5.97 Å². The van der Waals surface area contributed by atoms with E-state index in [0.29, 0.717) is 6.61 Å². The number of carbonyl (C=O) groups is 1. The summed E-state index contributed by atoms with van der Waals surface area (Å²) >= 11 is 0. The van der Waals surface area contributed by atoms with Crippen LogP contribution in [0.3, 0.4) is 0 Å². The van der Waals surface area contributed by atoms with Crippen molar-refractivity contribution in [2.24, 2.45) is 16.2 Å². The van der Waals surface area contributed by atoms with E-state index >= 15 is 0 Å². The van der Waals surface area contributed by atoms with Crippen LogP contribution in [0.15, 0.2) is 0 Å². The van der Waals surface area contributed by atoms with Crippen LogP contribution < -0.4 is 0 Å². The molecule has 0 aromatic heterocycles. The molecule has 0 radical (unpaired) electrons. The van der Waals surface area contributed by atoms with Gasteiger partial charge in [-0.25, -0.2) is 0 Å². The number of esters is 1. The van der Waals surface area contributed by atoms with Crippen molar-refractivity contribution in [3.63, 3.8) is 0 Å². The third-order valence-corrected chi connectivity index (χ3v) is 4.70. The summed E-state index contributed by atoms with van der Waals surface area (Å²) in [5.41, 5.74) is -0.459. The van der Waals surface area contributed by atoms with Gasteiger partial charge in [0, 0.05) is 0 Å². The lowest BCUT2D eigenvalue weighted by atomic mass is 9.60. The monoisotopic (exact) mass is 270 g/mol. The Morgan fingerprint density at radius 3 is 2.11 bits per heavy atom. The van der Waals surface area contributed by atoms with Crippen molar-refractivity contribution in [2.45, 2.75) is 67.4 Å². The third-order valence-electron chi connectivity index (χ3n) is 4.70. The SMILES string of the molecule is CCC(C)(C)CC(C)(C(=O)OCC1CO1)C(C)(C)C. The van der Waals surface area contributed by atoms with Gasteiger partial charge in [-0.05, 0) is 24.2 Å². The molecule has 19 heavy (non-hydrogen) atoms. The van der Waals surface area contributed by atoms with Gasteiger partial charge in [0.2, 0.25) is 0 Å². The summed E-state index contributed by atoms with van der Waals surface area (Å²) in [5.74, 6) is -0.0861. The summed E-state index contributed by atoms with van der Waals surface area (Å²) in [5, 5.41) is 0. The minimum atomic E-state index is -0.471.